The number of hydrogen-bond acceptors (Lipinski definition) is 3. The molecule has 0 aliphatic carbocycles. The van der Waals surface area contributed by atoms with E-state index in [1.807, 2.05) is 0 Å². The first-order chi connectivity index (χ1) is 10.6. The van der Waals surface area contributed by atoms with Crippen LogP contribution in [0.2, 0.25) is 10.0 Å². The van der Waals surface area contributed by atoms with Gasteiger partial charge in [-0.15, -0.1) is 0 Å². The van der Waals surface area contributed by atoms with Crippen LogP contribution in [0.4, 0.5) is 5.69 Å². The molecule has 0 aliphatic rings. The summed E-state index contributed by atoms with van der Waals surface area (Å²) in [4.78, 5) is 23.5. The van der Waals surface area contributed by atoms with E-state index in [0.29, 0.717) is 40.7 Å². The fourth-order valence-electron chi connectivity index (χ4n) is 1.76. The first kappa shape index (κ1) is 16.3. The summed E-state index contributed by atoms with van der Waals surface area (Å²) in [5, 5.41) is 12.5. The molecule has 0 saturated heterocycles. The number of carbonyl (C=O) groups is 2. The Morgan fingerprint density at radius 2 is 2.09 bits per heavy atom. The fraction of sp³-hybridized carbons (Fsp3) is 0.214. The fourth-order valence-corrected chi connectivity index (χ4v) is 2.26. The lowest BCUT2D eigenvalue weighted by Gasteiger charge is -2.07. The van der Waals surface area contributed by atoms with E-state index in [-0.39, 0.29) is 11.8 Å². The highest BCUT2D eigenvalue weighted by molar-refractivity contribution is 6.36. The molecule has 2 amide bonds. The van der Waals surface area contributed by atoms with Gasteiger partial charge in [0.2, 0.25) is 5.91 Å². The number of anilines is 1. The van der Waals surface area contributed by atoms with E-state index in [2.05, 4.69) is 20.8 Å². The number of H-pyrrole nitrogens is 1. The minimum Gasteiger partial charge on any atom is -0.352 e. The van der Waals surface area contributed by atoms with Gasteiger partial charge in [0, 0.05) is 24.2 Å². The molecule has 0 radical (unpaired) electrons. The summed E-state index contributed by atoms with van der Waals surface area (Å²) in [6, 6.07) is 4.67. The van der Waals surface area contributed by atoms with Gasteiger partial charge in [-0.1, -0.05) is 23.2 Å². The van der Waals surface area contributed by atoms with Crippen molar-refractivity contribution < 1.29 is 9.59 Å². The van der Waals surface area contributed by atoms with E-state index in [1.165, 1.54) is 12.3 Å². The van der Waals surface area contributed by atoms with Crippen molar-refractivity contribution in [1.29, 1.82) is 0 Å². The van der Waals surface area contributed by atoms with Gasteiger partial charge in [0.05, 0.1) is 22.5 Å². The van der Waals surface area contributed by atoms with Crippen LogP contribution in [0.1, 0.15) is 23.2 Å². The number of nitrogens with zero attached hydrogens (tertiary/aromatic N) is 1. The zero-order valence-corrected chi connectivity index (χ0v) is 13.0. The van der Waals surface area contributed by atoms with Crippen LogP contribution in [0.3, 0.4) is 0 Å². The predicted molar refractivity (Wildman–Crippen MR) is 85.2 cm³/mol. The highest BCUT2D eigenvalue weighted by Crippen LogP contribution is 2.20. The second kappa shape index (κ2) is 7.82. The van der Waals surface area contributed by atoms with Gasteiger partial charge in [0.15, 0.2) is 0 Å². The van der Waals surface area contributed by atoms with Crippen LogP contribution in [-0.4, -0.2) is 28.6 Å². The molecule has 8 heteroatoms. The van der Waals surface area contributed by atoms with Crippen molar-refractivity contribution in [2.75, 3.05) is 11.9 Å². The third-order valence-corrected chi connectivity index (χ3v) is 3.37. The lowest BCUT2D eigenvalue weighted by atomic mass is 10.2. The third-order valence-electron chi connectivity index (χ3n) is 2.82. The van der Waals surface area contributed by atoms with Gasteiger partial charge in [0.25, 0.3) is 5.91 Å². The van der Waals surface area contributed by atoms with Crippen LogP contribution in [-0.2, 0) is 4.79 Å². The van der Waals surface area contributed by atoms with Crippen LogP contribution in [0.5, 0.6) is 0 Å². The van der Waals surface area contributed by atoms with E-state index in [9.17, 15) is 9.59 Å². The maximum atomic E-state index is 11.9. The van der Waals surface area contributed by atoms with Crippen molar-refractivity contribution in [1.82, 2.24) is 15.5 Å². The molecule has 0 atom stereocenters. The number of rotatable bonds is 6. The normalized spacial score (nSPS) is 10.3. The second-order valence-corrected chi connectivity index (χ2v) is 5.36. The average Bonchev–Trinajstić information content (AvgIpc) is 2.96. The Morgan fingerprint density at radius 1 is 1.27 bits per heavy atom. The predicted octanol–water partition coefficient (Wildman–Crippen LogP) is 2.87. The van der Waals surface area contributed by atoms with Crippen molar-refractivity contribution in [2.45, 2.75) is 12.8 Å². The summed E-state index contributed by atoms with van der Waals surface area (Å²) < 4.78 is 0. The summed E-state index contributed by atoms with van der Waals surface area (Å²) in [5.41, 5.74) is 0.968. The molecule has 116 valence electrons. The molecule has 2 rings (SSSR count). The maximum Gasteiger partial charge on any atom is 0.252 e. The highest BCUT2D eigenvalue weighted by Gasteiger charge is 2.10. The minimum absolute atomic E-state index is 0.139. The largest absolute Gasteiger partial charge is 0.352 e. The first-order valence-corrected chi connectivity index (χ1v) is 7.34. The SMILES string of the molecule is O=C(CCCNC(=O)c1ccc(Cl)cc1Cl)Nc1cn[nH]c1. The third kappa shape index (κ3) is 4.75. The van der Waals surface area contributed by atoms with Gasteiger partial charge in [-0.05, 0) is 24.6 Å². The Labute approximate surface area is 137 Å². The lowest BCUT2D eigenvalue weighted by Crippen LogP contribution is -2.25. The van der Waals surface area contributed by atoms with Crippen molar-refractivity contribution in [2.24, 2.45) is 0 Å². The highest BCUT2D eigenvalue weighted by atomic mass is 35.5. The Bertz CT molecular complexity index is 659. The molecule has 0 fully saturated rings. The zero-order chi connectivity index (χ0) is 15.9. The van der Waals surface area contributed by atoms with Crippen molar-refractivity contribution >= 4 is 40.7 Å². The molecule has 0 unspecified atom stereocenters. The van der Waals surface area contributed by atoms with Crippen LogP contribution < -0.4 is 10.6 Å². The van der Waals surface area contributed by atoms with Crippen molar-refractivity contribution in [3.63, 3.8) is 0 Å². The van der Waals surface area contributed by atoms with Crippen LogP contribution in [0, 0.1) is 0 Å². The molecule has 0 aliphatic heterocycles. The van der Waals surface area contributed by atoms with E-state index in [1.54, 1.807) is 18.3 Å². The van der Waals surface area contributed by atoms with Gasteiger partial charge in [-0.3, -0.25) is 14.7 Å². The molecule has 0 bridgehead atoms. The molecule has 2 aromatic rings. The molecule has 0 spiro atoms. The first-order valence-electron chi connectivity index (χ1n) is 6.58. The smallest absolute Gasteiger partial charge is 0.252 e. The Morgan fingerprint density at radius 3 is 2.77 bits per heavy atom. The van der Waals surface area contributed by atoms with Crippen molar-refractivity contribution in [3.05, 3.63) is 46.2 Å². The standard InChI is InChI=1S/C14H14Cl2N4O2/c15-9-3-4-11(12(16)6-9)14(22)17-5-1-2-13(21)20-10-7-18-19-8-10/h3-4,6-8H,1-2,5H2,(H,17,22)(H,18,19)(H,20,21). The number of aromatic amines is 1. The molecule has 1 heterocycles. The number of aromatic nitrogens is 2. The molecule has 22 heavy (non-hydrogen) atoms. The van der Waals surface area contributed by atoms with E-state index < -0.39 is 0 Å². The number of hydrogen-bond donors (Lipinski definition) is 3. The summed E-state index contributed by atoms with van der Waals surface area (Å²) in [6.07, 6.45) is 3.91. The molecule has 3 N–H and O–H groups in total. The molecule has 6 nitrogen and oxygen atoms in total. The van der Waals surface area contributed by atoms with Gasteiger partial charge in [-0.25, -0.2) is 0 Å². The molecule has 1 aromatic heterocycles. The Balaban J connectivity index is 1.72. The summed E-state index contributed by atoms with van der Waals surface area (Å²) in [6.45, 7) is 0.372. The second-order valence-electron chi connectivity index (χ2n) is 4.52. The van der Waals surface area contributed by atoms with Crippen LogP contribution in [0.25, 0.3) is 0 Å². The van der Waals surface area contributed by atoms with Gasteiger partial charge in [0.1, 0.15) is 0 Å². The van der Waals surface area contributed by atoms with E-state index in [4.69, 9.17) is 23.2 Å². The summed E-state index contributed by atoms with van der Waals surface area (Å²) in [7, 11) is 0. The van der Waals surface area contributed by atoms with E-state index in [0.717, 1.165) is 0 Å². The summed E-state index contributed by atoms with van der Waals surface area (Å²) >= 11 is 11.7. The lowest BCUT2D eigenvalue weighted by molar-refractivity contribution is -0.116. The van der Waals surface area contributed by atoms with Gasteiger partial charge >= 0.3 is 0 Å². The molecule has 0 saturated carbocycles. The van der Waals surface area contributed by atoms with E-state index >= 15 is 0 Å². The Kier molecular flexibility index (Phi) is 5.80. The average molecular weight is 341 g/mol. The van der Waals surface area contributed by atoms with Gasteiger partial charge in [-0.2, -0.15) is 5.10 Å². The number of benzene rings is 1. The molecule has 1 aromatic carbocycles. The van der Waals surface area contributed by atoms with Crippen LogP contribution in [0.15, 0.2) is 30.6 Å². The quantitative estimate of drug-likeness (QED) is 0.706. The number of nitrogens with one attached hydrogen (secondary N) is 3. The molecular formula is C14H14Cl2N4O2. The zero-order valence-electron chi connectivity index (χ0n) is 11.5. The molecular weight excluding hydrogens is 327 g/mol. The topological polar surface area (TPSA) is 86.9 Å². The number of amides is 2. The summed E-state index contributed by atoms with van der Waals surface area (Å²) in [5.74, 6) is -0.433. The maximum absolute atomic E-state index is 11.9. The Hall–Kier alpha value is -2.05. The number of halogens is 2. The van der Waals surface area contributed by atoms with Crippen LogP contribution >= 0.6 is 23.2 Å². The van der Waals surface area contributed by atoms with Crippen molar-refractivity contribution in [3.8, 4) is 0 Å². The minimum atomic E-state index is -0.295. The monoisotopic (exact) mass is 340 g/mol. The van der Waals surface area contributed by atoms with Gasteiger partial charge < -0.3 is 10.6 Å². The number of carbonyl (C=O) groups excluding carboxylic acids is 2.